The molecule has 0 unspecified atom stereocenters. The Morgan fingerprint density at radius 3 is 2.43 bits per heavy atom. The SMILES string of the molecule is O=C(O)c1cc(Cl)cc(S(=O)(=O)N2CCS(=O)CC2)c1F. The summed E-state index contributed by atoms with van der Waals surface area (Å²) < 4.78 is 51.1. The van der Waals surface area contributed by atoms with Gasteiger partial charge in [-0.2, -0.15) is 4.31 Å². The highest BCUT2D eigenvalue weighted by molar-refractivity contribution is 7.89. The first-order chi connectivity index (χ1) is 9.73. The van der Waals surface area contributed by atoms with Crippen LogP contribution in [0.1, 0.15) is 10.4 Å². The first-order valence-corrected chi connectivity index (χ1v) is 9.11. The van der Waals surface area contributed by atoms with Gasteiger partial charge in [-0.1, -0.05) is 11.6 Å². The van der Waals surface area contributed by atoms with Gasteiger partial charge >= 0.3 is 5.97 Å². The van der Waals surface area contributed by atoms with E-state index in [0.717, 1.165) is 16.4 Å². The Hall–Kier alpha value is -1.03. The largest absolute Gasteiger partial charge is 0.478 e. The first-order valence-electron chi connectivity index (χ1n) is 5.81. The van der Waals surface area contributed by atoms with Crippen LogP contribution in [0, 0.1) is 5.82 Å². The van der Waals surface area contributed by atoms with Crippen LogP contribution in [0.15, 0.2) is 17.0 Å². The van der Waals surface area contributed by atoms with Gasteiger partial charge in [0.25, 0.3) is 0 Å². The first kappa shape index (κ1) is 16.3. The molecule has 0 atom stereocenters. The minimum Gasteiger partial charge on any atom is -0.478 e. The average Bonchev–Trinajstić information content (AvgIpc) is 2.41. The summed E-state index contributed by atoms with van der Waals surface area (Å²) in [7, 11) is -5.31. The molecule has 0 amide bonds. The van der Waals surface area contributed by atoms with Gasteiger partial charge in [0.1, 0.15) is 4.90 Å². The van der Waals surface area contributed by atoms with Gasteiger partial charge in [-0.05, 0) is 12.1 Å². The lowest BCUT2D eigenvalue weighted by Gasteiger charge is -2.25. The zero-order chi connectivity index (χ0) is 15.8. The van der Waals surface area contributed by atoms with E-state index in [-0.39, 0.29) is 29.6 Å². The zero-order valence-electron chi connectivity index (χ0n) is 10.6. The third-order valence-corrected chi connectivity index (χ3v) is 6.38. The van der Waals surface area contributed by atoms with Crippen molar-refractivity contribution >= 4 is 38.4 Å². The Bertz CT molecular complexity index is 712. The van der Waals surface area contributed by atoms with E-state index in [2.05, 4.69) is 0 Å². The summed E-state index contributed by atoms with van der Waals surface area (Å²) in [4.78, 5) is 10.1. The van der Waals surface area contributed by atoms with E-state index in [9.17, 15) is 21.8 Å². The summed E-state index contributed by atoms with van der Waals surface area (Å²) >= 11 is 5.67. The highest BCUT2D eigenvalue weighted by Gasteiger charge is 2.32. The van der Waals surface area contributed by atoms with Crippen LogP contribution in [0.5, 0.6) is 0 Å². The molecule has 1 fully saturated rings. The topological polar surface area (TPSA) is 91.8 Å². The molecule has 0 radical (unpaired) electrons. The van der Waals surface area contributed by atoms with Crippen molar-refractivity contribution in [3.8, 4) is 0 Å². The summed E-state index contributed by atoms with van der Waals surface area (Å²) in [5.41, 5.74) is -0.804. The Kier molecular flexibility index (Phi) is 4.66. The van der Waals surface area contributed by atoms with Gasteiger partial charge in [-0.15, -0.1) is 0 Å². The van der Waals surface area contributed by atoms with Gasteiger partial charge in [0.2, 0.25) is 10.0 Å². The van der Waals surface area contributed by atoms with Gasteiger partial charge in [0, 0.05) is 40.4 Å². The van der Waals surface area contributed by atoms with E-state index in [1.165, 1.54) is 0 Å². The molecule has 1 aliphatic rings. The third kappa shape index (κ3) is 3.25. The van der Waals surface area contributed by atoms with Crippen LogP contribution in [-0.4, -0.2) is 52.6 Å². The zero-order valence-corrected chi connectivity index (χ0v) is 13.0. The molecule has 1 aromatic rings. The summed E-state index contributed by atoms with van der Waals surface area (Å²) in [6.45, 7) is -0.0212. The van der Waals surface area contributed by atoms with E-state index < -0.39 is 43.1 Å². The fourth-order valence-corrected chi connectivity index (χ4v) is 5.03. The number of aromatic carboxylic acids is 1. The molecule has 1 heterocycles. The summed E-state index contributed by atoms with van der Waals surface area (Å²) in [6.07, 6.45) is 0. The molecule has 0 bridgehead atoms. The molecule has 2 rings (SSSR count). The van der Waals surface area contributed by atoms with Crippen molar-refractivity contribution in [3.63, 3.8) is 0 Å². The maximum Gasteiger partial charge on any atom is 0.338 e. The van der Waals surface area contributed by atoms with Crippen molar-refractivity contribution in [1.29, 1.82) is 0 Å². The maximum atomic E-state index is 14.1. The number of carboxylic acids is 1. The van der Waals surface area contributed by atoms with Crippen LogP contribution in [0.4, 0.5) is 4.39 Å². The highest BCUT2D eigenvalue weighted by atomic mass is 35.5. The lowest BCUT2D eigenvalue weighted by atomic mass is 10.2. The number of carboxylic acid groups (broad SMARTS) is 1. The molecule has 0 spiro atoms. The van der Waals surface area contributed by atoms with Crippen molar-refractivity contribution in [1.82, 2.24) is 4.31 Å². The Morgan fingerprint density at radius 2 is 1.90 bits per heavy atom. The number of nitrogens with zero attached hydrogens (tertiary/aromatic N) is 1. The Balaban J connectivity index is 2.50. The van der Waals surface area contributed by atoms with Crippen molar-refractivity contribution in [2.75, 3.05) is 24.6 Å². The predicted octanol–water partition coefficient (Wildman–Crippen LogP) is 0.930. The van der Waals surface area contributed by atoms with Crippen molar-refractivity contribution in [3.05, 3.63) is 28.5 Å². The van der Waals surface area contributed by atoms with Crippen molar-refractivity contribution < 1.29 is 26.9 Å². The number of carbonyl (C=O) groups is 1. The van der Waals surface area contributed by atoms with Gasteiger partial charge in [0.05, 0.1) is 5.56 Å². The monoisotopic (exact) mass is 355 g/mol. The van der Waals surface area contributed by atoms with E-state index in [4.69, 9.17) is 16.7 Å². The quantitative estimate of drug-likeness (QED) is 0.870. The third-order valence-electron chi connectivity index (χ3n) is 2.99. The minimum absolute atomic E-state index is 0.0106. The molecule has 116 valence electrons. The number of halogens is 2. The molecular formula is C11H11ClFNO5S2. The van der Waals surface area contributed by atoms with E-state index in [1.807, 2.05) is 0 Å². The normalized spacial score (nSPS) is 17.8. The molecule has 0 aliphatic carbocycles. The Labute approximate surface area is 128 Å². The molecule has 21 heavy (non-hydrogen) atoms. The minimum atomic E-state index is -4.22. The molecule has 1 aliphatic heterocycles. The molecule has 10 heteroatoms. The Morgan fingerprint density at radius 1 is 1.33 bits per heavy atom. The molecule has 0 aromatic heterocycles. The average molecular weight is 356 g/mol. The van der Waals surface area contributed by atoms with Crippen LogP contribution >= 0.6 is 11.6 Å². The number of sulfonamides is 1. The molecule has 1 N–H and O–H groups in total. The standard InChI is InChI=1S/C11H11ClFNO5S2/c12-7-5-8(11(15)16)10(13)9(6-7)21(18,19)14-1-3-20(17)4-2-14/h5-6H,1-4H2,(H,15,16). The van der Waals surface area contributed by atoms with Gasteiger partial charge in [-0.25, -0.2) is 17.6 Å². The lowest BCUT2D eigenvalue weighted by Crippen LogP contribution is -2.42. The van der Waals surface area contributed by atoms with Crippen LogP contribution in [0.3, 0.4) is 0 Å². The molecular weight excluding hydrogens is 345 g/mol. The number of hydrogen-bond acceptors (Lipinski definition) is 4. The fraction of sp³-hybridized carbons (Fsp3) is 0.364. The van der Waals surface area contributed by atoms with Gasteiger partial charge in [0.15, 0.2) is 5.82 Å². The lowest BCUT2D eigenvalue weighted by molar-refractivity contribution is 0.0691. The van der Waals surface area contributed by atoms with Gasteiger partial charge in [-0.3, -0.25) is 4.21 Å². The second-order valence-electron chi connectivity index (χ2n) is 4.32. The molecule has 1 saturated heterocycles. The van der Waals surface area contributed by atoms with Crippen LogP contribution in [-0.2, 0) is 20.8 Å². The smallest absolute Gasteiger partial charge is 0.338 e. The van der Waals surface area contributed by atoms with Crippen LogP contribution in [0.25, 0.3) is 0 Å². The molecule has 1 aromatic carbocycles. The molecule has 6 nitrogen and oxygen atoms in total. The summed E-state index contributed by atoms with van der Waals surface area (Å²) in [6, 6.07) is 1.73. The van der Waals surface area contributed by atoms with E-state index >= 15 is 0 Å². The predicted molar refractivity (Wildman–Crippen MR) is 75.0 cm³/mol. The van der Waals surface area contributed by atoms with Crippen molar-refractivity contribution in [2.45, 2.75) is 4.90 Å². The second kappa shape index (κ2) is 5.99. The van der Waals surface area contributed by atoms with E-state index in [1.54, 1.807) is 0 Å². The van der Waals surface area contributed by atoms with Crippen molar-refractivity contribution in [2.24, 2.45) is 0 Å². The number of rotatable bonds is 3. The highest BCUT2D eigenvalue weighted by Crippen LogP contribution is 2.27. The van der Waals surface area contributed by atoms with E-state index in [0.29, 0.717) is 0 Å². The van der Waals surface area contributed by atoms with Gasteiger partial charge < -0.3 is 5.11 Å². The number of hydrogen-bond donors (Lipinski definition) is 1. The molecule has 0 saturated carbocycles. The fourth-order valence-electron chi connectivity index (χ4n) is 1.91. The van der Waals surface area contributed by atoms with Crippen LogP contribution < -0.4 is 0 Å². The number of benzene rings is 1. The summed E-state index contributed by atoms with van der Waals surface area (Å²) in [5, 5.41) is 8.69. The summed E-state index contributed by atoms with van der Waals surface area (Å²) in [5.74, 6) is -2.63. The maximum absolute atomic E-state index is 14.1. The second-order valence-corrected chi connectivity index (χ2v) is 8.36. The van der Waals surface area contributed by atoms with Crippen LogP contribution in [0.2, 0.25) is 5.02 Å².